The molecule has 10 heteroatoms. The van der Waals surface area contributed by atoms with Crippen molar-refractivity contribution in [3.05, 3.63) is 18.2 Å². The van der Waals surface area contributed by atoms with Gasteiger partial charge < -0.3 is 9.47 Å². The second-order valence-electron chi connectivity index (χ2n) is 6.22. The van der Waals surface area contributed by atoms with Gasteiger partial charge in [-0.25, -0.2) is 13.2 Å². The molecule has 0 fully saturated rings. The lowest BCUT2D eigenvalue weighted by atomic mass is 10.2. The average Bonchev–Trinajstić information content (AvgIpc) is 2.40. The molecule has 0 heterocycles. The fraction of sp³-hybridized carbons (Fsp3) is 0.438. The number of sulfone groups is 1. The maximum Gasteiger partial charge on any atom is 0.573 e. The van der Waals surface area contributed by atoms with Crippen molar-refractivity contribution >= 4 is 21.6 Å². The summed E-state index contributed by atoms with van der Waals surface area (Å²) in [5.41, 5.74) is -1.30. The van der Waals surface area contributed by atoms with Gasteiger partial charge in [-0.05, 0) is 32.9 Å². The summed E-state index contributed by atoms with van der Waals surface area (Å²) in [6.07, 6.45) is -0.103. The summed E-state index contributed by atoms with van der Waals surface area (Å²) in [4.78, 5) is 12.6. The van der Waals surface area contributed by atoms with Crippen molar-refractivity contribution in [3.8, 4) is 18.1 Å². The minimum Gasteiger partial charge on any atom is -0.443 e. The quantitative estimate of drug-likeness (QED) is 0.734. The number of terminal acetylenes is 1. The maximum atomic E-state index is 12.7. The van der Waals surface area contributed by atoms with Crippen LogP contribution in [0, 0.1) is 12.3 Å². The Kier molecular flexibility index (Phi) is 6.20. The summed E-state index contributed by atoms with van der Waals surface area (Å²) < 4.78 is 70.4. The number of halogens is 3. The topological polar surface area (TPSA) is 72.9 Å². The highest BCUT2D eigenvalue weighted by Gasteiger charge is 2.35. The van der Waals surface area contributed by atoms with E-state index in [1.165, 1.54) is 0 Å². The van der Waals surface area contributed by atoms with E-state index in [2.05, 4.69) is 10.7 Å². The van der Waals surface area contributed by atoms with Crippen LogP contribution in [0.1, 0.15) is 20.8 Å². The summed E-state index contributed by atoms with van der Waals surface area (Å²) in [5, 5.41) is 0. The highest BCUT2D eigenvalue weighted by atomic mass is 32.2. The standard InChI is InChI=1S/C16H18F3NO5S/c1-6-9-20(14(21)25-15(2,3)4)12-8-7-11(26(5,22)23)10-13(12)24-16(17,18)19/h1,7-8,10H,9H2,2-5H3. The van der Waals surface area contributed by atoms with Crippen molar-refractivity contribution in [2.75, 3.05) is 17.7 Å². The number of nitrogens with zero attached hydrogens (tertiary/aromatic N) is 1. The second kappa shape index (κ2) is 7.45. The first-order valence-electron chi connectivity index (χ1n) is 7.18. The molecule has 0 saturated heterocycles. The molecular formula is C16H18F3NO5S. The van der Waals surface area contributed by atoms with E-state index >= 15 is 0 Å². The highest BCUT2D eigenvalue weighted by Crippen LogP contribution is 2.35. The van der Waals surface area contributed by atoms with Gasteiger partial charge in [-0.2, -0.15) is 0 Å². The second-order valence-corrected chi connectivity index (χ2v) is 8.24. The van der Waals surface area contributed by atoms with E-state index in [-0.39, 0.29) is 5.69 Å². The van der Waals surface area contributed by atoms with Crippen LogP contribution in [-0.4, -0.2) is 39.3 Å². The average molecular weight is 393 g/mol. The minimum absolute atomic E-state index is 0.373. The number of hydrogen-bond acceptors (Lipinski definition) is 5. The van der Waals surface area contributed by atoms with Crippen LogP contribution < -0.4 is 9.64 Å². The van der Waals surface area contributed by atoms with Crippen LogP contribution >= 0.6 is 0 Å². The fourth-order valence-electron chi connectivity index (χ4n) is 1.81. The first-order chi connectivity index (χ1) is 11.6. The normalized spacial score (nSPS) is 12.2. The van der Waals surface area contributed by atoms with Gasteiger partial charge in [0.2, 0.25) is 0 Å². The molecule has 0 aliphatic rings. The van der Waals surface area contributed by atoms with E-state index in [1.807, 2.05) is 0 Å². The highest BCUT2D eigenvalue weighted by molar-refractivity contribution is 7.90. The number of benzene rings is 1. The van der Waals surface area contributed by atoms with Gasteiger partial charge >= 0.3 is 12.5 Å². The molecule has 0 aliphatic heterocycles. The molecule has 0 aromatic heterocycles. The third-order valence-corrected chi connectivity index (χ3v) is 3.85. The Hall–Kier alpha value is -2.41. The Labute approximate surface area is 149 Å². The Morgan fingerprint density at radius 3 is 2.27 bits per heavy atom. The Morgan fingerprint density at radius 2 is 1.85 bits per heavy atom. The monoisotopic (exact) mass is 393 g/mol. The van der Waals surface area contributed by atoms with E-state index in [4.69, 9.17) is 11.2 Å². The number of ether oxygens (including phenoxy) is 2. The molecule has 26 heavy (non-hydrogen) atoms. The predicted molar refractivity (Wildman–Crippen MR) is 88.6 cm³/mol. The summed E-state index contributed by atoms with van der Waals surface area (Å²) in [5.74, 6) is 1.25. The van der Waals surface area contributed by atoms with Crippen LogP contribution in [0.4, 0.5) is 23.7 Å². The van der Waals surface area contributed by atoms with Crippen molar-refractivity contribution in [1.29, 1.82) is 0 Å². The van der Waals surface area contributed by atoms with Crippen molar-refractivity contribution in [2.45, 2.75) is 37.6 Å². The van der Waals surface area contributed by atoms with Gasteiger partial charge in [0.05, 0.1) is 17.1 Å². The molecule has 0 radical (unpaired) electrons. The predicted octanol–water partition coefficient (Wildman–Crippen LogP) is 3.36. The largest absolute Gasteiger partial charge is 0.573 e. The lowest BCUT2D eigenvalue weighted by Gasteiger charge is -2.27. The molecule has 0 spiro atoms. The van der Waals surface area contributed by atoms with Crippen molar-refractivity contribution in [2.24, 2.45) is 0 Å². The SMILES string of the molecule is C#CCN(C(=O)OC(C)(C)C)c1ccc(S(C)(=O)=O)cc1OC(F)(F)F. The third kappa shape index (κ3) is 6.48. The molecule has 0 aliphatic carbocycles. The van der Waals surface area contributed by atoms with Gasteiger partial charge in [0, 0.05) is 12.3 Å². The van der Waals surface area contributed by atoms with Crippen LogP contribution in [0.5, 0.6) is 5.75 Å². The molecule has 144 valence electrons. The lowest BCUT2D eigenvalue weighted by molar-refractivity contribution is -0.274. The summed E-state index contributed by atoms with van der Waals surface area (Å²) in [7, 11) is -3.81. The summed E-state index contributed by atoms with van der Waals surface area (Å²) in [6.45, 7) is 4.29. The van der Waals surface area contributed by atoms with Crippen molar-refractivity contribution in [3.63, 3.8) is 0 Å². The molecule has 1 rings (SSSR count). The number of amides is 1. The molecule has 0 saturated carbocycles. The van der Waals surface area contributed by atoms with Crippen molar-refractivity contribution in [1.82, 2.24) is 0 Å². The molecule has 0 atom stereocenters. The molecule has 0 N–H and O–H groups in total. The Morgan fingerprint density at radius 1 is 1.27 bits per heavy atom. The molecule has 1 amide bonds. The first kappa shape index (κ1) is 21.6. The van der Waals surface area contributed by atoms with E-state index < -0.39 is 45.1 Å². The lowest BCUT2D eigenvalue weighted by Crippen LogP contribution is -2.37. The maximum absolute atomic E-state index is 12.7. The van der Waals surface area contributed by atoms with Gasteiger partial charge in [0.1, 0.15) is 5.60 Å². The smallest absolute Gasteiger partial charge is 0.443 e. The zero-order chi connectivity index (χ0) is 20.3. The van der Waals surface area contributed by atoms with Crippen LogP contribution in [-0.2, 0) is 14.6 Å². The molecule has 0 unspecified atom stereocenters. The number of anilines is 1. The van der Waals surface area contributed by atoms with E-state index in [0.717, 1.165) is 23.3 Å². The van der Waals surface area contributed by atoms with E-state index in [0.29, 0.717) is 6.07 Å². The molecule has 1 aromatic carbocycles. The number of rotatable bonds is 4. The number of alkyl halides is 3. The third-order valence-electron chi connectivity index (χ3n) is 2.74. The molecule has 6 nitrogen and oxygen atoms in total. The van der Waals surface area contributed by atoms with E-state index in [9.17, 15) is 26.4 Å². The van der Waals surface area contributed by atoms with Crippen LogP contribution in [0.15, 0.2) is 23.1 Å². The van der Waals surface area contributed by atoms with E-state index in [1.54, 1.807) is 20.8 Å². The Bertz CT molecular complexity index is 820. The number of carbonyl (C=O) groups is 1. The fourth-order valence-corrected chi connectivity index (χ4v) is 2.45. The van der Waals surface area contributed by atoms with Gasteiger partial charge in [0.15, 0.2) is 15.6 Å². The van der Waals surface area contributed by atoms with Crippen LogP contribution in [0.2, 0.25) is 0 Å². The molecule has 0 bridgehead atoms. The summed E-state index contributed by atoms with van der Waals surface area (Å²) >= 11 is 0. The van der Waals surface area contributed by atoms with Crippen LogP contribution in [0.3, 0.4) is 0 Å². The minimum atomic E-state index is -5.11. The van der Waals surface area contributed by atoms with Crippen molar-refractivity contribution < 1.29 is 35.9 Å². The number of carbonyl (C=O) groups excluding carboxylic acids is 1. The molecular weight excluding hydrogens is 375 g/mol. The zero-order valence-corrected chi connectivity index (χ0v) is 15.4. The van der Waals surface area contributed by atoms with Gasteiger partial charge in [0.25, 0.3) is 0 Å². The van der Waals surface area contributed by atoms with Gasteiger partial charge in [-0.3, -0.25) is 4.90 Å². The van der Waals surface area contributed by atoms with Crippen LogP contribution in [0.25, 0.3) is 0 Å². The number of hydrogen-bond donors (Lipinski definition) is 0. The Balaban J connectivity index is 3.50. The first-order valence-corrected chi connectivity index (χ1v) is 9.07. The van der Waals surface area contributed by atoms with Gasteiger partial charge in [-0.15, -0.1) is 19.6 Å². The van der Waals surface area contributed by atoms with Gasteiger partial charge in [-0.1, -0.05) is 5.92 Å². The summed E-state index contributed by atoms with van der Waals surface area (Å²) in [6, 6.07) is 2.71. The zero-order valence-electron chi connectivity index (χ0n) is 14.5. The molecule has 1 aromatic rings.